The summed E-state index contributed by atoms with van der Waals surface area (Å²) in [6.07, 6.45) is 23.6. The molecule has 3 nitrogen and oxygen atoms in total. The zero-order valence-electron chi connectivity index (χ0n) is 33.2. The number of carbonyl (C=O) groups is 1. The van der Waals surface area contributed by atoms with E-state index >= 15 is 0 Å². The molecular formula is C42H82O3. The lowest BCUT2D eigenvalue weighted by molar-refractivity contribution is -0.00243. The van der Waals surface area contributed by atoms with Crippen LogP contribution in [0.5, 0.6) is 0 Å². The average Bonchev–Trinajstić information content (AvgIpc) is 3.03. The summed E-state index contributed by atoms with van der Waals surface area (Å²) in [4.78, 5) is 11.0. The first-order valence-corrected chi connectivity index (χ1v) is 17.4. The molecule has 0 aliphatic rings. The number of allylic oxidation sites excluding steroid dienone is 8. The number of hydrogen-bond donors (Lipinski definition) is 0. The lowest BCUT2D eigenvalue weighted by Gasteiger charge is -2.18. The van der Waals surface area contributed by atoms with Crippen LogP contribution < -0.4 is 0 Å². The van der Waals surface area contributed by atoms with Crippen molar-refractivity contribution in [2.75, 3.05) is 6.61 Å². The van der Waals surface area contributed by atoms with Gasteiger partial charge in [0.2, 0.25) is 0 Å². The molecule has 0 unspecified atom stereocenters. The van der Waals surface area contributed by atoms with Gasteiger partial charge < -0.3 is 9.47 Å². The number of ether oxygens (including phenoxy) is 2. The van der Waals surface area contributed by atoms with E-state index in [-0.39, 0.29) is 6.61 Å². The van der Waals surface area contributed by atoms with Gasteiger partial charge in [0.15, 0.2) is 0 Å². The van der Waals surface area contributed by atoms with Crippen LogP contribution in [0.3, 0.4) is 0 Å². The molecule has 0 N–H and O–H groups in total. The topological polar surface area (TPSA) is 35.5 Å². The third-order valence-corrected chi connectivity index (χ3v) is 5.13. The van der Waals surface area contributed by atoms with Gasteiger partial charge in [-0.25, -0.2) is 4.79 Å². The highest BCUT2D eigenvalue weighted by atomic mass is 16.7. The van der Waals surface area contributed by atoms with E-state index in [1.54, 1.807) is 20.8 Å². The molecule has 268 valence electrons. The highest BCUT2D eigenvalue weighted by Gasteiger charge is 2.16. The van der Waals surface area contributed by atoms with Crippen LogP contribution >= 0.6 is 0 Å². The molecule has 0 heterocycles. The minimum Gasteiger partial charge on any atom is -0.430 e. The molecule has 0 rings (SSSR count). The molecule has 3 heteroatoms. The Morgan fingerprint density at radius 3 is 1.11 bits per heavy atom. The van der Waals surface area contributed by atoms with Gasteiger partial charge in [-0.15, -0.1) is 19.7 Å². The van der Waals surface area contributed by atoms with E-state index in [9.17, 15) is 4.79 Å². The highest BCUT2D eigenvalue weighted by molar-refractivity contribution is 5.60. The molecule has 0 bridgehead atoms. The zero-order valence-corrected chi connectivity index (χ0v) is 33.2. The number of rotatable bonds is 13. The maximum absolute atomic E-state index is 11.0. The second kappa shape index (κ2) is 54.0. The monoisotopic (exact) mass is 635 g/mol. The summed E-state index contributed by atoms with van der Waals surface area (Å²) in [6.45, 7) is 47.1. The van der Waals surface area contributed by atoms with E-state index in [1.165, 1.54) is 29.6 Å². The first-order valence-electron chi connectivity index (χ1n) is 17.4. The lowest BCUT2D eigenvalue weighted by atomic mass is 10.2. The largest absolute Gasteiger partial charge is 0.509 e. The third-order valence-electron chi connectivity index (χ3n) is 5.13. The second-order valence-corrected chi connectivity index (χ2v) is 10.9. The van der Waals surface area contributed by atoms with Gasteiger partial charge in [-0.3, -0.25) is 0 Å². The molecule has 0 aromatic rings. The molecule has 45 heavy (non-hydrogen) atoms. The molecule has 0 amide bonds. The molecule has 0 aliphatic heterocycles. The van der Waals surface area contributed by atoms with Crippen LogP contribution in [-0.4, -0.2) is 18.4 Å². The van der Waals surface area contributed by atoms with Crippen LogP contribution in [0.25, 0.3) is 0 Å². The van der Waals surface area contributed by atoms with Crippen molar-refractivity contribution in [3.05, 3.63) is 86.1 Å². The Morgan fingerprint density at radius 2 is 0.933 bits per heavy atom. The quantitative estimate of drug-likeness (QED) is 0.149. The van der Waals surface area contributed by atoms with Crippen LogP contribution in [0.15, 0.2) is 86.1 Å². The van der Waals surface area contributed by atoms with Crippen molar-refractivity contribution in [1.82, 2.24) is 0 Å². The van der Waals surface area contributed by atoms with Gasteiger partial charge in [0.1, 0.15) is 12.2 Å². The zero-order chi connectivity index (χ0) is 37.0. The fourth-order valence-electron chi connectivity index (χ4n) is 1.58. The van der Waals surface area contributed by atoms with Crippen molar-refractivity contribution < 1.29 is 14.3 Å². The molecule has 0 aromatic heterocycles. The fraction of sp³-hybridized carbons (Fsp3) is 0.643. The lowest BCUT2D eigenvalue weighted by Crippen LogP contribution is -2.24. The Bertz CT molecular complexity index is 645. The molecule has 0 aromatic carbocycles. The Balaban J connectivity index is -0.0000000798. The summed E-state index contributed by atoms with van der Waals surface area (Å²) >= 11 is 0. The third kappa shape index (κ3) is 108. The summed E-state index contributed by atoms with van der Waals surface area (Å²) in [6, 6.07) is 0. The summed E-state index contributed by atoms with van der Waals surface area (Å²) in [5.41, 5.74) is 3.46. The van der Waals surface area contributed by atoms with Gasteiger partial charge in [0.05, 0.1) is 0 Å². The van der Waals surface area contributed by atoms with Gasteiger partial charge in [0, 0.05) is 0 Å². The van der Waals surface area contributed by atoms with Gasteiger partial charge in [-0.05, 0) is 91.9 Å². The average molecular weight is 635 g/mol. The molecule has 0 aliphatic carbocycles. The van der Waals surface area contributed by atoms with Crippen molar-refractivity contribution in [2.45, 2.75) is 173 Å². The molecule has 0 saturated carbocycles. The van der Waals surface area contributed by atoms with Crippen molar-refractivity contribution >= 4 is 6.16 Å². The Kier molecular flexibility index (Phi) is 69.6. The summed E-state index contributed by atoms with van der Waals surface area (Å²) in [5, 5.41) is 0. The van der Waals surface area contributed by atoms with E-state index < -0.39 is 11.8 Å². The van der Waals surface area contributed by atoms with E-state index in [0.29, 0.717) is 0 Å². The highest BCUT2D eigenvalue weighted by Crippen LogP contribution is 2.08. The molecule has 0 spiro atoms. The number of carbonyl (C=O) groups excluding carboxylic acids is 1. The van der Waals surface area contributed by atoms with Crippen LogP contribution in [0.2, 0.25) is 0 Å². The maximum atomic E-state index is 11.0. The SMILES string of the molecule is C=C(C)CC.C=C(CC)CC.C=C(CC)CC.C=CCC.C=CCC.CC/C=C\CC.CCC/C=C/COC(=O)OC(C)(C)C. The maximum Gasteiger partial charge on any atom is 0.509 e. The van der Waals surface area contributed by atoms with Crippen LogP contribution in [0.4, 0.5) is 4.79 Å². The summed E-state index contributed by atoms with van der Waals surface area (Å²) < 4.78 is 9.77. The molecule has 0 saturated heterocycles. The normalized spacial score (nSPS) is 9.20. The van der Waals surface area contributed by atoms with Gasteiger partial charge in [-0.2, -0.15) is 0 Å². The number of unbranched alkanes of at least 4 members (excludes halogenated alkanes) is 1. The second-order valence-electron chi connectivity index (χ2n) is 10.9. The van der Waals surface area contributed by atoms with E-state index in [2.05, 4.69) is 114 Å². The predicted octanol–water partition coefficient (Wildman–Crippen LogP) is 15.5. The Labute approximate surface area is 285 Å². The molecule has 0 atom stereocenters. The minimum absolute atomic E-state index is 0.287. The van der Waals surface area contributed by atoms with Crippen LogP contribution in [0.1, 0.15) is 168 Å². The van der Waals surface area contributed by atoms with Crippen molar-refractivity contribution in [1.29, 1.82) is 0 Å². The van der Waals surface area contributed by atoms with Crippen molar-refractivity contribution in [3.8, 4) is 0 Å². The first kappa shape index (κ1) is 58.0. The summed E-state index contributed by atoms with van der Waals surface area (Å²) in [5.74, 6) is 0. The smallest absolute Gasteiger partial charge is 0.430 e. The molecular weight excluding hydrogens is 552 g/mol. The van der Waals surface area contributed by atoms with Crippen molar-refractivity contribution in [2.24, 2.45) is 0 Å². The number of hydrogen-bond acceptors (Lipinski definition) is 3. The van der Waals surface area contributed by atoms with Gasteiger partial charge >= 0.3 is 6.16 Å². The van der Waals surface area contributed by atoms with Crippen LogP contribution in [0, 0.1) is 0 Å². The van der Waals surface area contributed by atoms with E-state index in [0.717, 1.165) is 57.8 Å². The minimum atomic E-state index is -0.612. The van der Waals surface area contributed by atoms with Crippen LogP contribution in [-0.2, 0) is 9.47 Å². The standard InChI is InChI=1S/C11H20O3.3C6H12.C5H10.2C4H8/c1-5-6-7-8-9-13-10(12)14-11(2,3)4;2*1-4-6(3)5-2;1-3-5-6-4-2;1-4-5(2)3;2*1-3-4-2/h7-8H,5-6,9H2,1-4H3;2*3-5H2,1-2H3;5-6H,3-4H2,1-2H3;2,4H2,1,3H3;2*3H,1,4H2,2H3/b8-7+;;;6-5-;;;. The fourth-order valence-corrected chi connectivity index (χ4v) is 1.58. The van der Waals surface area contributed by atoms with E-state index in [4.69, 9.17) is 9.47 Å². The van der Waals surface area contributed by atoms with Crippen molar-refractivity contribution in [3.63, 3.8) is 0 Å². The van der Waals surface area contributed by atoms with Gasteiger partial charge in [-0.1, -0.05) is 142 Å². The molecule has 0 radical (unpaired) electrons. The van der Waals surface area contributed by atoms with Gasteiger partial charge in [0.25, 0.3) is 0 Å². The molecule has 0 fully saturated rings. The van der Waals surface area contributed by atoms with E-state index in [1.807, 2.05) is 31.2 Å². The first-order chi connectivity index (χ1) is 21.1. The summed E-state index contributed by atoms with van der Waals surface area (Å²) in [7, 11) is 0. The predicted molar refractivity (Wildman–Crippen MR) is 211 cm³/mol. The Hall–Kier alpha value is -2.55. The Morgan fingerprint density at radius 1 is 0.600 bits per heavy atom.